The minimum Gasteiger partial charge on any atom is -0.356 e. The number of anilines is 1. The summed E-state index contributed by atoms with van der Waals surface area (Å²) >= 11 is 6.01. The Morgan fingerprint density at radius 1 is 1.10 bits per heavy atom. The summed E-state index contributed by atoms with van der Waals surface area (Å²) in [5.41, 5.74) is 1.17. The average molecular weight is 430 g/mol. The van der Waals surface area contributed by atoms with Gasteiger partial charge in [0, 0.05) is 70.2 Å². The van der Waals surface area contributed by atoms with Crippen LogP contribution in [0.3, 0.4) is 0 Å². The van der Waals surface area contributed by atoms with Crippen LogP contribution in [-0.4, -0.2) is 73.1 Å². The number of hydrogen-bond acceptors (Lipinski definition) is 5. The lowest BCUT2D eigenvalue weighted by atomic mass is 10.1. The molecule has 1 fully saturated rings. The van der Waals surface area contributed by atoms with Crippen LogP contribution >= 0.6 is 11.6 Å². The van der Waals surface area contributed by atoms with Crippen molar-refractivity contribution in [1.29, 1.82) is 0 Å². The Morgan fingerprint density at radius 3 is 2.53 bits per heavy atom. The number of rotatable bonds is 7. The topological polar surface area (TPSA) is 85.8 Å². The van der Waals surface area contributed by atoms with Crippen molar-refractivity contribution < 1.29 is 4.79 Å². The zero-order valence-electron chi connectivity index (χ0n) is 17.2. The van der Waals surface area contributed by atoms with Crippen molar-refractivity contribution >= 4 is 29.4 Å². The number of aromatic nitrogens is 2. The number of guanidine groups is 1. The van der Waals surface area contributed by atoms with Gasteiger partial charge in [-0.2, -0.15) is 0 Å². The fourth-order valence-corrected chi connectivity index (χ4v) is 3.51. The van der Waals surface area contributed by atoms with Crippen LogP contribution in [0.1, 0.15) is 12.0 Å². The summed E-state index contributed by atoms with van der Waals surface area (Å²) in [5.74, 6) is 1.56. The molecule has 1 aliphatic rings. The predicted molar refractivity (Wildman–Crippen MR) is 120 cm³/mol. The summed E-state index contributed by atoms with van der Waals surface area (Å²) in [6.45, 7) is 4.13. The van der Waals surface area contributed by atoms with E-state index in [0.717, 1.165) is 37.0 Å². The van der Waals surface area contributed by atoms with Crippen molar-refractivity contribution in [3.05, 3.63) is 53.3 Å². The molecule has 1 aromatic carbocycles. The van der Waals surface area contributed by atoms with E-state index in [2.05, 4.69) is 30.5 Å². The van der Waals surface area contributed by atoms with Gasteiger partial charge in [-0.05, 0) is 30.2 Å². The normalized spacial score (nSPS) is 14.5. The molecule has 2 N–H and O–H groups in total. The van der Waals surface area contributed by atoms with E-state index in [9.17, 15) is 4.79 Å². The van der Waals surface area contributed by atoms with Crippen molar-refractivity contribution in [2.24, 2.45) is 4.99 Å². The molecular weight excluding hydrogens is 402 g/mol. The SMILES string of the molecule is CN=C(NCCC(=O)N1CCN(c2ncccn2)CC1)NCCc1cccc(Cl)c1. The summed E-state index contributed by atoms with van der Waals surface area (Å²) in [5, 5.41) is 7.21. The molecule has 8 nitrogen and oxygen atoms in total. The smallest absolute Gasteiger partial charge is 0.225 e. The lowest BCUT2D eigenvalue weighted by Crippen LogP contribution is -2.50. The van der Waals surface area contributed by atoms with E-state index < -0.39 is 0 Å². The molecular formula is C21H28ClN7O. The maximum atomic E-state index is 12.5. The van der Waals surface area contributed by atoms with Crippen LogP contribution in [0.5, 0.6) is 0 Å². The van der Waals surface area contributed by atoms with Gasteiger partial charge in [-0.15, -0.1) is 0 Å². The predicted octanol–water partition coefficient (Wildman–Crippen LogP) is 1.58. The first-order valence-electron chi connectivity index (χ1n) is 10.1. The summed E-state index contributed by atoms with van der Waals surface area (Å²) in [6.07, 6.45) is 4.75. The van der Waals surface area contributed by atoms with Gasteiger partial charge in [-0.25, -0.2) is 9.97 Å². The summed E-state index contributed by atoms with van der Waals surface area (Å²) in [4.78, 5) is 29.3. The molecule has 0 bridgehead atoms. The number of piperazine rings is 1. The molecule has 1 amide bonds. The lowest BCUT2D eigenvalue weighted by molar-refractivity contribution is -0.131. The minimum atomic E-state index is 0.144. The fourth-order valence-electron chi connectivity index (χ4n) is 3.29. The van der Waals surface area contributed by atoms with E-state index in [4.69, 9.17) is 11.6 Å². The summed E-state index contributed by atoms with van der Waals surface area (Å²) < 4.78 is 0. The standard InChI is InChI=1S/C21H28ClN7O/c1-23-20(24-10-6-17-4-2-5-18(22)16-17)25-11-7-19(30)28-12-14-29(15-13-28)21-26-8-3-9-27-21/h2-5,8-9,16H,6-7,10-15H2,1H3,(H2,23,24,25). The third-order valence-electron chi connectivity index (χ3n) is 4.92. The maximum absolute atomic E-state index is 12.5. The van der Waals surface area contributed by atoms with Crippen LogP contribution in [-0.2, 0) is 11.2 Å². The molecule has 0 saturated carbocycles. The molecule has 160 valence electrons. The Labute approximate surface area is 182 Å². The third kappa shape index (κ3) is 6.59. The number of nitrogens with zero attached hydrogens (tertiary/aromatic N) is 5. The number of carbonyl (C=O) groups excluding carboxylic acids is 1. The number of aliphatic imine (C=N–C) groups is 1. The van der Waals surface area contributed by atoms with Crippen LogP contribution < -0.4 is 15.5 Å². The average Bonchev–Trinajstić information content (AvgIpc) is 2.78. The Balaban J connectivity index is 1.33. The van der Waals surface area contributed by atoms with E-state index in [1.807, 2.05) is 29.2 Å². The molecule has 2 aromatic rings. The molecule has 1 aliphatic heterocycles. The fraction of sp³-hybridized carbons (Fsp3) is 0.429. The Bertz CT molecular complexity index is 838. The molecule has 0 spiro atoms. The van der Waals surface area contributed by atoms with Gasteiger partial charge in [0.15, 0.2) is 5.96 Å². The number of amides is 1. The highest BCUT2D eigenvalue weighted by atomic mass is 35.5. The second kappa shape index (κ2) is 11.3. The van der Waals surface area contributed by atoms with Crippen LogP contribution in [0.2, 0.25) is 5.02 Å². The molecule has 0 radical (unpaired) electrons. The van der Waals surface area contributed by atoms with Gasteiger partial charge >= 0.3 is 0 Å². The van der Waals surface area contributed by atoms with Crippen molar-refractivity contribution in [2.75, 3.05) is 51.2 Å². The molecule has 30 heavy (non-hydrogen) atoms. The van der Waals surface area contributed by atoms with Crippen molar-refractivity contribution in [2.45, 2.75) is 12.8 Å². The van der Waals surface area contributed by atoms with Gasteiger partial charge in [-0.3, -0.25) is 9.79 Å². The van der Waals surface area contributed by atoms with E-state index >= 15 is 0 Å². The van der Waals surface area contributed by atoms with Gasteiger partial charge in [-0.1, -0.05) is 23.7 Å². The van der Waals surface area contributed by atoms with Crippen LogP contribution in [0, 0.1) is 0 Å². The van der Waals surface area contributed by atoms with Crippen molar-refractivity contribution in [1.82, 2.24) is 25.5 Å². The molecule has 1 aromatic heterocycles. The number of nitrogens with one attached hydrogen (secondary N) is 2. The first-order valence-corrected chi connectivity index (χ1v) is 10.5. The maximum Gasteiger partial charge on any atom is 0.225 e. The first kappa shape index (κ1) is 21.8. The highest BCUT2D eigenvalue weighted by Gasteiger charge is 2.22. The molecule has 9 heteroatoms. The Morgan fingerprint density at radius 2 is 1.83 bits per heavy atom. The number of hydrogen-bond donors (Lipinski definition) is 2. The van der Waals surface area contributed by atoms with Gasteiger partial charge in [0.2, 0.25) is 11.9 Å². The Kier molecular flexibility index (Phi) is 8.26. The molecule has 2 heterocycles. The third-order valence-corrected chi connectivity index (χ3v) is 5.15. The second-order valence-corrected chi connectivity index (χ2v) is 7.41. The zero-order chi connectivity index (χ0) is 21.2. The summed E-state index contributed by atoms with van der Waals surface area (Å²) in [6, 6.07) is 9.62. The number of halogens is 1. The van der Waals surface area contributed by atoms with E-state index in [1.165, 1.54) is 5.56 Å². The molecule has 0 unspecified atom stereocenters. The Hall–Kier alpha value is -2.87. The largest absolute Gasteiger partial charge is 0.356 e. The minimum absolute atomic E-state index is 0.144. The van der Waals surface area contributed by atoms with Gasteiger partial charge in [0.25, 0.3) is 0 Å². The molecule has 3 rings (SSSR count). The van der Waals surface area contributed by atoms with E-state index in [1.54, 1.807) is 25.5 Å². The quantitative estimate of drug-likeness (QED) is 0.513. The van der Waals surface area contributed by atoms with Crippen LogP contribution in [0.25, 0.3) is 0 Å². The monoisotopic (exact) mass is 429 g/mol. The number of benzene rings is 1. The highest BCUT2D eigenvalue weighted by molar-refractivity contribution is 6.30. The van der Waals surface area contributed by atoms with Crippen LogP contribution in [0.4, 0.5) is 5.95 Å². The van der Waals surface area contributed by atoms with Gasteiger partial charge in [0.1, 0.15) is 0 Å². The number of carbonyl (C=O) groups is 1. The summed E-state index contributed by atoms with van der Waals surface area (Å²) in [7, 11) is 1.72. The molecule has 0 atom stereocenters. The molecule has 0 aliphatic carbocycles. The van der Waals surface area contributed by atoms with Crippen molar-refractivity contribution in [3.63, 3.8) is 0 Å². The van der Waals surface area contributed by atoms with Crippen LogP contribution in [0.15, 0.2) is 47.7 Å². The van der Waals surface area contributed by atoms with Gasteiger partial charge in [0.05, 0.1) is 0 Å². The zero-order valence-corrected chi connectivity index (χ0v) is 18.0. The van der Waals surface area contributed by atoms with E-state index in [-0.39, 0.29) is 5.91 Å². The van der Waals surface area contributed by atoms with Gasteiger partial charge < -0.3 is 20.4 Å². The second-order valence-electron chi connectivity index (χ2n) is 6.97. The highest BCUT2D eigenvalue weighted by Crippen LogP contribution is 2.11. The van der Waals surface area contributed by atoms with E-state index in [0.29, 0.717) is 32.0 Å². The lowest BCUT2D eigenvalue weighted by Gasteiger charge is -2.34. The first-order chi connectivity index (χ1) is 14.7. The van der Waals surface area contributed by atoms with Crippen molar-refractivity contribution in [3.8, 4) is 0 Å². The molecule has 1 saturated heterocycles.